The van der Waals surface area contributed by atoms with Crippen LogP contribution in [-0.2, 0) is 18.7 Å². The number of rotatable bonds is 9. The third-order valence-electron chi connectivity index (χ3n) is 6.43. The Morgan fingerprint density at radius 2 is 1.61 bits per heavy atom. The standard InChI is InChI=1S/C27H25F5N4O2/c1-18(26(37,15-36-17-33-16-34-36)24-12-9-22(28)13-25(24)29)35(2)14-19-3-5-20(6-4-19)21-7-10-23(11-8-21)38-27(30,31)32/h3-13,16-18,37H,14-15H2,1-2H3/t18-,26-/m1/s1. The van der Waals surface area contributed by atoms with Crippen LogP contribution in [0.2, 0.25) is 0 Å². The minimum absolute atomic E-state index is 0.0675. The number of aliphatic hydroxyl groups is 1. The Bertz CT molecular complexity index is 1350. The molecule has 0 aliphatic carbocycles. The van der Waals surface area contributed by atoms with E-state index in [9.17, 15) is 27.1 Å². The Morgan fingerprint density at radius 3 is 2.16 bits per heavy atom. The van der Waals surface area contributed by atoms with Crippen molar-refractivity contribution in [3.8, 4) is 16.9 Å². The molecule has 0 saturated carbocycles. The molecule has 0 amide bonds. The summed E-state index contributed by atoms with van der Waals surface area (Å²) in [6.07, 6.45) is -2.05. The molecule has 4 rings (SSSR count). The van der Waals surface area contributed by atoms with Crippen molar-refractivity contribution in [2.75, 3.05) is 7.05 Å². The smallest absolute Gasteiger partial charge is 0.406 e. The number of hydrogen-bond donors (Lipinski definition) is 1. The van der Waals surface area contributed by atoms with E-state index >= 15 is 0 Å². The lowest BCUT2D eigenvalue weighted by Gasteiger charge is -2.40. The highest BCUT2D eigenvalue weighted by atomic mass is 19.4. The maximum atomic E-state index is 14.8. The van der Waals surface area contributed by atoms with Gasteiger partial charge in [-0.05, 0) is 48.9 Å². The SMILES string of the molecule is C[C@@H](N(C)Cc1ccc(-c2ccc(OC(F)(F)F)cc2)cc1)[C@](O)(Cn1cncn1)c1ccc(F)cc1F. The van der Waals surface area contributed by atoms with Crippen LogP contribution in [0.4, 0.5) is 22.0 Å². The molecule has 0 unspecified atom stereocenters. The van der Waals surface area contributed by atoms with E-state index in [4.69, 9.17) is 0 Å². The minimum atomic E-state index is -4.75. The monoisotopic (exact) mass is 532 g/mol. The van der Waals surface area contributed by atoms with E-state index < -0.39 is 29.6 Å². The zero-order chi connectivity index (χ0) is 27.5. The molecule has 3 aromatic carbocycles. The molecule has 38 heavy (non-hydrogen) atoms. The third-order valence-corrected chi connectivity index (χ3v) is 6.43. The van der Waals surface area contributed by atoms with Gasteiger partial charge in [-0.15, -0.1) is 13.2 Å². The van der Waals surface area contributed by atoms with Crippen LogP contribution >= 0.6 is 0 Å². The maximum absolute atomic E-state index is 14.8. The van der Waals surface area contributed by atoms with Crippen molar-refractivity contribution in [1.82, 2.24) is 19.7 Å². The summed E-state index contributed by atoms with van der Waals surface area (Å²) in [5.41, 5.74) is 0.533. The lowest BCUT2D eigenvalue weighted by Crippen LogP contribution is -2.50. The van der Waals surface area contributed by atoms with Crippen LogP contribution in [-0.4, -0.2) is 44.2 Å². The molecule has 1 heterocycles. The summed E-state index contributed by atoms with van der Waals surface area (Å²) in [5.74, 6) is -1.92. The van der Waals surface area contributed by atoms with E-state index in [0.717, 1.165) is 23.3 Å². The first-order chi connectivity index (χ1) is 17.9. The Labute approximate surface area is 215 Å². The van der Waals surface area contributed by atoms with E-state index in [0.29, 0.717) is 12.1 Å². The van der Waals surface area contributed by atoms with Gasteiger partial charge in [-0.25, -0.2) is 18.4 Å². The molecule has 0 spiro atoms. The molecule has 0 bridgehead atoms. The highest BCUT2D eigenvalue weighted by Crippen LogP contribution is 2.33. The molecule has 4 aromatic rings. The summed E-state index contributed by atoms with van der Waals surface area (Å²) >= 11 is 0. The van der Waals surface area contributed by atoms with Crippen LogP contribution in [0.1, 0.15) is 18.1 Å². The number of alkyl halides is 3. The van der Waals surface area contributed by atoms with E-state index in [1.165, 1.54) is 47.7 Å². The third kappa shape index (κ3) is 6.35. The molecule has 0 saturated heterocycles. The molecule has 0 aliphatic heterocycles. The number of aromatic nitrogens is 3. The van der Waals surface area contributed by atoms with Gasteiger partial charge in [-0.3, -0.25) is 4.90 Å². The zero-order valence-electron chi connectivity index (χ0n) is 20.5. The molecule has 0 radical (unpaired) electrons. The van der Waals surface area contributed by atoms with Crippen LogP contribution in [0, 0.1) is 11.6 Å². The van der Waals surface area contributed by atoms with Crippen molar-refractivity contribution in [1.29, 1.82) is 0 Å². The van der Waals surface area contributed by atoms with Crippen LogP contribution in [0.3, 0.4) is 0 Å². The molecule has 200 valence electrons. The topological polar surface area (TPSA) is 63.4 Å². The Hall–Kier alpha value is -3.83. The van der Waals surface area contributed by atoms with Gasteiger partial charge in [0.2, 0.25) is 0 Å². The molecule has 0 aliphatic rings. The van der Waals surface area contributed by atoms with Crippen molar-refractivity contribution >= 4 is 0 Å². The van der Waals surface area contributed by atoms with Gasteiger partial charge < -0.3 is 9.84 Å². The van der Waals surface area contributed by atoms with Crippen molar-refractivity contribution in [3.63, 3.8) is 0 Å². The average molecular weight is 533 g/mol. The van der Waals surface area contributed by atoms with Gasteiger partial charge >= 0.3 is 6.36 Å². The Balaban J connectivity index is 1.51. The summed E-state index contributed by atoms with van der Waals surface area (Å²) < 4.78 is 70.9. The molecular formula is C27H25F5N4O2. The fourth-order valence-electron chi connectivity index (χ4n) is 4.29. The van der Waals surface area contributed by atoms with Gasteiger partial charge in [0.1, 0.15) is 35.6 Å². The van der Waals surface area contributed by atoms with Crippen LogP contribution in [0.5, 0.6) is 5.75 Å². The second kappa shape index (κ2) is 10.9. The molecule has 6 nitrogen and oxygen atoms in total. The summed E-state index contributed by atoms with van der Waals surface area (Å²) in [5, 5.41) is 15.8. The minimum Gasteiger partial charge on any atom is -0.406 e. The summed E-state index contributed by atoms with van der Waals surface area (Å²) in [6.45, 7) is 2.00. The number of likely N-dealkylation sites (N-methyl/N-ethyl adjacent to an activating group) is 1. The Morgan fingerprint density at radius 1 is 0.974 bits per heavy atom. The van der Waals surface area contributed by atoms with Crippen molar-refractivity contribution in [3.05, 3.63) is 102 Å². The van der Waals surface area contributed by atoms with Gasteiger partial charge in [-0.1, -0.05) is 42.5 Å². The van der Waals surface area contributed by atoms with E-state index in [-0.39, 0.29) is 17.9 Å². The second-order valence-electron chi connectivity index (χ2n) is 9.00. The summed E-state index contributed by atoms with van der Waals surface area (Å²) in [4.78, 5) is 5.71. The number of nitrogens with zero attached hydrogens (tertiary/aromatic N) is 4. The van der Waals surface area contributed by atoms with Gasteiger partial charge in [0.15, 0.2) is 0 Å². The van der Waals surface area contributed by atoms with E-state index in [2.05, 4.69) is 14.8 Å². The van der Waals surface area contributed by atoms with Crippen LogP contribution < -0.4 is 4.74 Å². The number of ether oxygens (including phenoxy) is 1. The van der Waals surface area contributed by atoms with Crippen molar-refractivity contribution < 1.29 is 31.8 Å². The molecule has 1 N–H and O–H groups in total. The lowest BCUT2D eigenvalue weighted by atomic mass is 9.85. The normalized spacial score (nSPS) is 14.3. The average Bonchev–Trinajstić information content (AvgIpc) is 3.36. The zero-order valence-corrected chi connectivity index (χ0v) is 20.5. The highest BCUT2D eigenvalue weighted by molar-refractivity contribution is 5.64. The Kier molecular flexibility index (Phi) is 7.79. The largest absolute Gasteiger partial charge is 0.573 e. The second-order valence-corrected chi connectivity index (χ2v) is 9.00. The molecule has 11 heteroatoms. The molecule has 0 fully saturated rings. The van der Waals surface area contributed by atoms with Crippen molar-refractivity contribution in [2.24, 2.45) is 0 Å². The van der Waals surface area contributed by atoms with E-state index in [1.807, 2.05) is 29.2 Å². The number of halogens is 5. The van der Waals surface area contributed by atoms with Gasteiger partial charge in [0.25, 0.3) is 0 Å². The first-order valence-corrected chi connectivity index (χ1v) is 11.6. The van der Waals surface area contributed by atoms with Crippen LogP contribution in [0.15, 0.2) is 79.4 Å². The van der Waals surface area contributed by atoms with Crippen LogP contribution in [0.25, 0.3) is 11.1 Å². The quantitative estimate of drug-likeness (QED) is 0.287. The predicted molar refractivity (Wildman–Crippen MR) is 130 cm³/mol. The first kappa shape index (κ1) is 27.2. The summed E-state index contributed by atoms with van der Waals surface area (Å²) in [7, 11) is 1.77. The molecular weight excluding hydrogens is 507 g/mol. The fourth-order valence-corrected chi connectivity index (χ4v) is 4.29. The fraction of sp³-hybridized carbons (Fsp3) is 0.259. The summed E-state index contributed by atoms with van der Waals surface area (Å²) in [6, 6.07) is 15.3. The van der Waals surface area contributed by atoms with Gasteiger partial charge in [0, 0.05) is 24.2 Å². The molecule has 1 aromatic heterocycles. The highest BCUT2D eigenvalue weighted by Gasteiger charge is 2.41. The predicted octanol–water partition coefficient (Wildman–Crippen LogP) is 5.53. The van der Waals surface area contributed by atoms with Crippen molar-refractivity contribution in [2.45, 2.75) is 38.0 Å². The van der Waals surface area contributed by atoms with E-state index in [1.54, 1.807) is 14.0 Å². The maximum Gasteiger partial charge on any atom is 0.573 e. The lowest BCUT2D eigenvalue weighted by molar-refractivity contribution is -0.274. The first-order valence-electron chi connectivity index (χ1n) is 11.6. The van der Waals surface area contributed by atoms with Gasteiger partial charge in [0.05, 0.1) is 6.54 Å². The van der Waals surface area contributed by atoms with Gasteiger partial charge in [-0.2, -0.15) is 5.10 Å². The number of hydrogen-bond acceptors (Lipinski definition) is 5. The number of benzene rings is 3. The molecule has 2 atom stereocenters.